The predicted octanol–water partition coefficient (Wildman–Crippen LogP) is 5.93. The van der Waals surface area contributed by atoms with E-state index >= 15 is 0 Å². The second kappa shape index (κ2) is 9.16. The first-order chi connectivity index (χ1) is 12.0. The van der Waals surface area contributed by atoms with Crippen LogP contribution in [0.4, 0.5) is 0 Å². The first kappa shape index (κ1) is 22.9. The van der Waals surface area contributed by atoms with Crippen LogP contribution in [0.15, 0.2) is 25.3 Å². The van der Waals surface area contributed by atoms with Crippen LogP contribution in [0.1, 0.15) is 59.8 Å². The summed E-state index contributed by atoms with van der Waals surface area (Å²) in [5, 5.41) is 0.217. The van der Waals surface area contributed by atoms with Crippen molar-refractivity contribution in [1.29, 1.82) is 0 Å². The molecule has 1 rings (SSSR count). The summed E-state index contributed by atoms with van der Waals surface area (Å²) in [6.07, 6.45) is 6.61. The highest BCUT2D eigenvalue weighted by atomic mass is 28.3. The molecule has 0 aliphatic heterocycles. The Kier molecular flexibility index (Phi) is 8.06. The zero-order valence-electron chi connectivity index (χ0n) is 17.6. The van der Waals surface area contributed by atoms with Crippen LogP contribution in [0.3, 0.4) is 0 Å². The van der Waals surface area contributed by atoms with Gasteiger partial charge in [0.25, 0.3) is 0 Å². The molecule has 4 heteroatoms. The molecule has 0 amide bonds. The molecule has 148 valence electrons. The Labute approximate surface area is 161 Å². The van der Waals surface area contributed by atoms with Crippen LogP contribution < -0.4 is 0 Å². The molecule has 0 unspecified atom stereocenters. The molecule has 3 nitrogen and oxygen atoms in total. The van der Waals surface area contributed by atoms with E-state index in [1.165, 1.54) is 0 Å². The third-order valence-electron chi connectivity index (χ3n) is 6.66. The number of ketones is 1. The van der Waals surface area contributed by atoms with Crippen molar-refractivity contribution < 1.29 is 14.3 Å². The molecule has 0 aromatic carbocycles. The molecule has 0 aromatic heterocycles. The normalized spacial score (nSPS) is 25.5. The average molecular weight is 379 g/mol. The Hall–Kier alpha value is -1.16. The minimum absolute atomic E-state index is 0.0681. The summed E-state index contributed by atoms with van der Waals surface area (Å²) in [5.41, 5.74) is 0.437. The lowest BCUT2D eigenvalue weighted by molar-refractivity contribution is -0.150. The van der Waals surface area contributed by atoms with Crippen LogP contribution >= 0.6 is 0 Å². The largest absolute Gasteiger partial charge is 0.462 e. The molecule has 0 heterocycles. The van der Waals surface area contributed by atoms with E-state index in [0.717, 1.165) is 6.42 Å². The van der Waals surface area contributed by atoms with Crippen molar-refractivity contribution >= 4 is 19.8 Å². The highest BCUT2D eigenvalue weighted by Crippen LogP contribution is 2.54. The second-order valence-corrected chi connectivity index (χ2v) is 15.1. The van der Waals surface area contributed by atoms with Crippen molar-refractivity contribution in [3.05, 3.63) is 25.3 Å². The number of carbonyl (C=O) groups is 2. The molecule has 1 saturated carbocycles. The Morgan fingerprint density at radius 3 is 2.42 bits per heavy atom. The highest BCUT2D eigenvalue weighted by molar-refractivity contribution is 6.81. The summed E-state index contributed by atoms with van der Waals surface area (Å²) in [4.78, 5) is 25.2. The Morgan fingerprint density at radius 1 is 1.31 bits per heavy atom. The van der Waals surface area contributed by atoms with Gasteiger partial charge in [0.2, 0.25) is 0 Å². The Balaban J connectivity index is 3.11. The second-order valence-electron chi connectivity index (χ2n) is 9.41. The van der Waals surface area contributed by atoms with Gasteiger partial charge in [-0.05, 0) is 36.3 Å². The molecule has 0 bridgehead atoms. The molecule has 4 atom stereocenters. The molecule has 26 heavy (non-hydrogen) atoms. The van der Waals surface area contributed by atoms with Gasteiger partial charge in [-0.2, -0.15) is 0 Å². The minimum atomic E-state index is -1.70. The van der Waals surface area contributed by atoms with E-state index in [9.17, 15) is 9.59 Å². The summed E-state index contributed by atoms with van der Waals surface area (Å²) < 4.78 is 5.57. The van der Waals surface area contributed by atoms with Gasteiger partial charge in [0.1, 0.15) is 11.9 Å². The molecular formula is C22H38O3Si. The van der Waals surface area contributed by atoms with Gasteiger partial charge in [0.05, 0.1) is 8.07 Å². The van der Waals surface area contributed by atoms with Gasteiger partial charge in [-0.1, -0.05) is 46.0 Å². The van der Waals surface area contributed by atoms with Crippen LogP contribution in [0.2, 0.25) is 23.7 Å². The maximum Gasteiger partial charge on any atom is 0.306 e. The molecule has 0 N–H and O–H groups in total. The van der Waals surface area contributed by atoms with E-state index < -0.39 is 8.07 Å². The van der Waals surface area contributed by atoms with Crippen LogP contribution in [0.5, 0.6) is 0 Å². The minimum Gasteiger partial charge on any atom is -0.462 e. The fourth-order valence-electron chi connectivity index (χ4n) is 4.19. The van der Waals surface area contributed by atoms with Gasteiger partial charge in [-0.25, -0.2) is 0 Å². The van der Waals surface area contributed by atoms with Crippen molar-refractivity contribution in [2.24, 2.45) is 11.8 Å². The van der Waals surface area contributed by atoms with E-state index in [1.807, 2.05) is 13.0 Å². The van der Waals surface area contributed by atoms with Crippen LogP contribution in [0.25, 0.3) is 0 Å². The zero-order valence-corrected chi connectivity index (χ0v) is 18.6. The maximum atomic E-state index is 12.6. The monoisotopic (exact) mass is 378 g/mol. The van der Waals surface area contributed by atoms with Crippen molar-refractivity contribution in [1.82, 2.24) is 0 Å². The lowest BCUT2D eigenvalue weighted by atomic mass is 9.74. The Bertz CT molecular complexity index is 530. The third-order valence-corrected chi connectivity index (χ3v) is 13.1. The molecule has 0 spiro atoms. The zero-order chi connectivity index (χ0) is 20.1. The van der Waals surface area contributed by atoms with E-state index in [4.69, 9.17) is 4.74 Å². The van der Waals surface area contributed by atoms with Crippen molar-refractivity contribution in [2.45, 2.75) is 89.6 Å². The molecule has 0 saturated heterocycles. The van der Waals surface area contributed by atoms with Gasteiger partial charge >= 0.3 is 5.97 Å². The number of allylic oxidation sites excluding steroid dienone is 1. The van der Waals surface area contributed by atoms with E-state index in [1.54, 1.807) is 6.08 Å². The number of esters is 1. The molecule has 0 radical (unpaired) electrons. The number of hydrogen-bond donors (Lipinski definition) is 0. The van der Waals surface area contributed by atoms with Gasteiger partial charge in [0, 0.05) is 25.2 Å². The van der Waals surface area contributed by atoms with Crippen LogP contribution in [-0.4, -0.2) is 25.9 Å². The van der Waals surface area contributed by atoms with E-state index in [2.05, 4.69) is 47.0 Å². The number of carbonyl (C=O) groups excluding carboxylic acids is 2. The summed E-state index contributed by atoms with van der Waals surface area (Å²) in [6, 6.07) is 0. The summed E-state index contributed by atoms with van der Waals surface area (Å²) in [7, 11) is -1.70. The highest BCUT2D eigenvalue weighted by Gasteiger charge is 2.50. The number of Topliss-reactive ketones (excluding diaryl/α,β-unsaturated/α-hetero) is 1. The quantitative estimate of drug-likeness (QED) is 0.298. The number of ether oxygens (including phenoxy) is 1. The van der Waals surface area contributed by atoms with E-state index in [-0.39, 0.29) is 34.7 Å². The topological polar surface area (TPSA) is 43.4 Å². The van der Waals surface area contributed by atoms with Gasteiger partial charge in [0.15, 0.2) is 0 Å². The third kappa shape index (κ3) is 5.42. The molecule has 1 fully saturated rings. The van der Waals surface area contributed by atoms with Gasteiger partial charge in [-0.15, -0.1) is 13.2 Å². The molecular weight excluding hydrogens is 340 g/mol. The molecule has 1 aliphatic carbocycles. The smallest absolute Gasteiger partial charge is 0.306 e. The first-order valence-corrected chi connectivity index (χ1v) is 13.0. The maximum absolute atomic E-state index is 12.6. The van der Waals surface area contributed by atoms with Crippen LogP contribution in [-0.2, 0) is 14.3 Å². The van der Waals surface area contributed by atoms with Gasteiger partial charge in [-0.3, -0.25) is 9.59 Å². The van der Waals surface area contributed by atoms with E-state index in [0.29, 0.717) is 31.2 Å². The first-order valence-electron chi connectivity index (χ1n) is 9.89. The number of hydrogen-bond acceptors (Lipinski definition) is 3. The lowest BCUT2D eigenvalue weighted by Gasteiger charge is -2.50. The number of rotatable bonds is 8. The Morgan fingerprint density at radius 2 is 1.92 bits per heavy atom. The summed E-state index contributed by atoms with van der Waals surface area (Å²) >= 11 is 0. The SMILES string of the molecule is C=CC[C@H](C)OC(=O)C[C@@H]1[C@@H](CC=C)C(=O)CC[C@@H]1[Si](C)(C)C(C)(C)C. The fraction of sp³-hybridized carbons (Fsp3) is 0.727. The molecule has 1 aliphatic rings. The van der Waals surface area contributed by atoms with Crippen LogP contribution in [0, 0.1) is 11.8 Å². The standard InChI is InChI=1S/C22H38O3Si/c1-9-11-16(3)25-21(24)15-18-17(12-10-2)19(23)13-14-20(18)26(7,8)22(4,5)6/h9-10,16-18,20H,1-2,11-15H2,3-8H3/t16-,17+,18+,20-/m0/s1. The van der Waals surface area contributed by atoms with Crippen molar-refractivity contribution in [3.8, 4) is 0 Å². The van der Waals surface area contributed by atoms with Gasteiger partial charge < -0.3 is 4.74 Å². The summed E-state index contributed by atoms with van der Waals surface area (Å²) in [6.45, 7) is 21.2. The van der Waals surface area contributed by atoms with Crippen molar-refractivity contribution in [3.63, 3.8) is 0 Å². The molecule has 0 aromatic rings. The average Bonchev–Trinajstić information content (AvgIpc) is 2.49. The summed E-state index contributed by atoms with van der Waals surface area (Å²) in [5.74, 6) is 0.0785. The lowest BCUT2D eigenvalue weighted by Crippen LogP contribution is -2.50. The predicted molar refractivity (Wildman–Crippen MR) is 112 cm³/mol. The fourth-order valence-corrected chi connectivity index (χ4v) is 7.59. The van der Waals surface area contributed by atoms with Crippen molar-refractivity contribution in [2.75, 3.05) is 0 Å².